The fourth-order valence-electron chi connectivity index (χ4n) is 3.16. The standard InChI is InChI=1S/C16H19N3O4/c1-2-18-7-5-10(6-8-18)14-9-13(20)11-3-4-12(17)15(19(21)22)16(11)23-14/h3-4,9-10H,2,5-8,17H2,1H3. The van der Waals surface area contributed by atoms with Crippen molar-refractivity contribution in [2.75, 3.05) is 25.4 Å². The molecule has 122 valence electrons. The molecule has 0 saturated carbocycles. The zero-order valence-corrected chi connectivity index (χ0v) is 12.9. The van der Waals surface area contributed by atoms with Crippen LogP contribution in [0.2, 0.25) is 0 Å². The van der Waals surface area contributed by atoms with Crippen LogP contribution in [0.1, 0.15) is 31.4 Å². The molecule has 1 saturated heterocycles. The Labute approximate surface area is 132 Å². The summed E-state index contributed by atoms with van der Waals surface area (Å²) in [7, 11) is 0. The molecule has 1 aliphatic rings. The van der Waals surface area contributed by atoms with Crippen LogP contribution in [0.25, 0.3) is 11.0 Å². The number of nitro groups is 1. The number of nitrogens with zero attached hydrogens (tertiary/aromatic N) is 2. The van der Waals surface area contributed by atoms with E-state index in [1.165, 1.54) is 18.2 Å². The van der Waals surface area contributed by atoms with Gasteiger partial charge in [0.1, 0.15) is 11.4 Å². The summed E-state index contributed by atoms with van der Waals surface area (Å²) < 4.78 is 5.78. The van der Waals surface area contributed by atoms with Gasteiger partial charge in [0.2, 0.25) is 5.58 Å². The molecule has 23 heavy (non-hydrogen) atoms. The van der Waals surface area contributed by atoms with E-state index in [2.05, 4.69) is 11.8 Å². The van der Waals surface area contributed by atoms with E-state index in [1.807, 2.05) is 0 Å². The minimum Gasteiger partial charge on any atom is -0.453 e. The normalized spacial score (nSPS) is 16.7. The maximum atomic E-state index is 12.3. The maximum absolute atomic E-state index is 12.3. The summed E-state index contributed by atoms with van der Waals surface area (Å²) in [5, 5.41) is 11.5. The van der Waals surface area contributed by atoms with E-state index >= 15 is 0 Å². The molecule has 0 radical (unpaired) electrons. The summed E-state index contributed by atoms with van der Waals surface area (Å²) in [6, 6.07) is 4.32. The Morgan fingerprint density at radius 1 is 1.39 bits per heavy atom. The van der Waals surface area contributed by atoms with Crippen LogP contribution < -0.4 is 11.2 Å². The van der Waals surface area contributed by atoms with Crippen molar-refractivity contribution in [3.63, 3.8) is 0 Å². The smallest absolute Gasteiger partial charge is 0.334 e. The van der Waals surface area contributed by atoms with Crippen LogP contribution in [-0.2, 0) is 0 Å². The molecule has 2 heterocycles. The first-order valence-corrected chi connectivity index (χ1v) is 7.74. The summed E-state index contributed by atoms with van der Waals surface area (Å²) in [6.45, 7) is 4.98. The summed E-state index contributed by atoms with van der Waals surface area (Å²) in [4.78, 5) is 25.3. The Kier molecular flexibility index (Phi) is 4.04. The van der Waals surface area contributed by atoms with Crippen LogP contribution in [0.5, 0.6) is 0 Å². The average Bonchev–Trinajstić information content (AvgIpc) is 2.54. The van der Waals surface area contributed by atoms with Gasteiger partial charge in [-0.2, -0.15) is 0 Å². The first-order valence-electron chi connectivity index (χ1n) is 7.74. The van der Waals surface area contributed by atoms with Gasteiger partial charge in [-0.05, 0) is 44.6 Å². The van der Waals surface area contributed by atoms with Gasteiger partial charge in [0, 0.05) is 12.0 Å². The zero-order chi connectivity index (χ0) is 16.6. The molecule has 7 heteroatoms. The quantitative estimate of drug-likeness (QED) is 0.530. The van der Waals surface area contributed by atoms with Crippen molar-refractivity contribution in [1.29, 1.82) is 0 Å². The molecule has 0 spiro atoms. The molecule has 0 unspecified atom stereocenters. The molecule has 1 fully saturated rings. The van der Waals surface area contributed by atoms with E-state index in [0.29, 0.717) is 5.76 Å². The number of hydrogen-bond acceptors (Lipinski definition) is 6. The third-order valence-electron chi connectivity index (χ3n) is 4.54. The first-order chi connectivity index (χ1) is 11.0. The molecular weight excluding hydrogens is 298 g/mol. The zero-order valence-electron chi connectivity index (χ0n) is 12.9. The first kappa shape index (κ1) is 15.5. The molecule has 1 aromatic heterocycles. The van der Waals surface area contributed by atoms with Crippen molar-refractivity contribution in [2.45, 2.75) is 25.7 Å². The topological polar surface area (TPSA) is 103 Å². The number of nitrogen functional groups attached to an aromatic ring is 1. The molecule has 2 N–H and O–H groups in total. The summed E-state index contributed by atoms with van der Waals surface area (Å²) in [5.74, 6) is 0.628. The second kappa shape index (κ2) is 6.00. The summed E-state index contributed by atoms with van der Waals surface area (Å²) in [6.07, 6.45) is 1.75. The second-order valence-corrected chi connectivity index (χ2v) is 5.86. The van der Waals surface area contributed by atoms with E-state index < -0.39 is 4.92 Å². The Hall–Kier alpha value is -2.41. The molecule has 0 atom stereocenters. The van der Waals surface area contributed by atoms with Crippen LogP contribution in [0.15, 0.2) is 27.4 Å². The largest absolute Gasteiger partial charge is 0.453 e. The van der Waals surface area contributed by atoms with Gasteiger partial charge in [-0.25, -0.2) is 0 Å². The van der Waals surface area contributed by atoms with Gasteiger partial charge in [0.25, 0.3) is 0 Å². The van der Waals surface area contributed by atoms with Gasteiger partial charge < -0.3 is 15.1 Å². The minimum atomic E-state index is -0.593. The number of nitro benzene ring substituents is 1. The molecule has 2 aromatic rings. The van der Waals surface area contributed by atoms with Gasteiger partial charge in [-0.15, -0.1) is 0 Å². The highest BCUT2D eigenvalue weighted by Crippen LogP contribution is 2.34. The van der Waals surface area contributed by atoms with Gasteiger partial charge in [0.05, 0.1) is 10.3 Å². The molecule has 0 aliphatic carbocycles. The third-order valence-corrected chi connectivity index (χ3v) is 4.54. The lowest BCUT2D eigenvalue weighted by atomic mass is 9.93. The van der Waals surface area contributed by atoms with E-state index in [1.54, 1.807) is 0 Å². The molecular formula is C16H19N3O4. The fourth-order valence-corrected chi connectivity index (χ4v) is 3.16. The lowest BCUT2D eigenvalue weighted by Crippen LogP contribution is -2.32. The van der Waals surface area contributed by atoms with Crippen molar-refractivity contribution < 1.29 is 9.34 Å². The van der Waals surface area contributed by atoms with Crippen molar-refractivity contribution >= 4 is 22.3 Å². The molecule has 0 bridgehead atoms. The number of benzene rings is 1. The van der Waals surface area contributed by atoms with Crippen LogP contribution >= 0.6 is 0 Å². The van der Waals surface area contributed by atoms with E-state index in [-0.39, 0.29) is 33.7 Å². The van der Waals surface area contributed by atoms with Crippen LogP contribution in [0, 0.1) is 10.1 Å². The number of fused-ring (bicyclic) bond motifs is 1. The van der Waals surface area contributed by atoms with Crippen LogP contribution in [0.4, 0.5) is 11.4 Å². The Morgan fingerprint density at radius 3 is 2.70 bits per heavy atom. The van der Waals surface area contributed by atoms with Crippen LogP contribution in [0.3, 0.4) is 0 Å². The highest BCUT2D eigenvalue weighted by atomic mass is 16.6. The third kappa shape index (κ3) is 2.79. The molecule has 1 aromatic carbocycles. The van der Waals surface area contributed by atoms with Gasteiger partial charge >= 0.3 is 5.69 Å². The number of nitrogens with two attached hydrogens (primary N) is 1. The van der Waals surface area contributed by atoms with E-state index in [0.717, 1.165) is 32.5 Å². The Balaban J connectivity index is 2.08. The second-order valence-electron chi connectivity index (χ2n) is 5.86. The Bertz CT molecular complexity index is 807. The van der Waals surface area contributed by atoms with Crippen molar-refractivity contribution in [1.82, 2.24) is 4.90 Å². The summed E-state index contributed by atoms with van der Waals surface area (Å²) in [5.41, 5.74) is 5.09. The van der Waals surface area contributed by atoms with E-state index in [9.17, 15) is 14.9 Å². The fraction of sp³-hybridized carbons (Fsp3) is 0.438. The van der Waals surface area contributed by atoms with Crippen molar-refractivity contribution in [3.8, 4) is 0 Å². The number of likely N-dealkylation sites (tertiary alicyclic amines) is 1. The average molecular weight is 317 g/mol. The molecule has 0 amide bonds. The summed E-state index contributed by atoms with van der Waals surface area (Å²) >= 11 is 0. The number of piperidine rings is 1. The lowest BCUT2D eigenvalue weighted by molar-refractivity contribution is -0.382. The van der Waals surface area contributed by atoms with E-state index in [4.69, 9.17) is 10.2 Å². The molecule has 7 nitrogen and oxygen atoms in total. The van der Waals surface area contributed by atoms with Crippen molar-refractivity contribution in [3.05, 3.63) is 44.3 Å². The molecule has 3 rings (SSSR count). The number of anilines is 1. The highest BCUT2D eigenvalue weighted by Gasteiger charge is 2.26. The molecule has 1 aliphatic heterocycles. The minimum absolute atomic E-state index is 0.00334. The lowest BCUT2D eigenvalue weighted by Gasteiger charge is -2.30. The predicted octanol–water partition coefficient (Wildman–Crippen LogP) is 2.48. The highest BCUT2D eigenvalue weighted by molar-refractivity contribution is 5.91. The Morgan fingerprint density at radius 2 is 2.09 bits per heavy atom. The number of rotatable bonds is 3. The van der Waals surface area contributed by atoms with Gasteiger partial charge in [-0.3, -0.25) is 14.9 Å². The predicted molar refractivity (Wildman–Crippen MR) is 87.6 cm³/mol. The van der Waals surface area contributed by atoms with Gasteiger partial charge in [0.15, 0.2) is 5.43 Å². The van der Waals surface area contributed by atoms with Gasteiger partial charge in [-0.1, -0.05) is 6.92 Å². The maximum Gasteiger partial charge on any atom is 0.334 e. The number of hydrogen-bond donors (Lipinski definition) is 1. The van der Waals surface area contributed by atoms with Crippen LogP contribution in [-0.4, -0.2) is 29.5 Å². The monoisotopic (exact) mass is 317 g/mol. The SMILES string of the molecule is CCN1CCC(c2cc(=O)c3ccc(N)c([N+](=O)[O-])c3o2)CC1. The van der Waals surface area contributed by atoms with Crippen molar-refractivity contribution in [2.24, 2.45) is 0 Å².